The Morgan fingerprint density at radius 1 is 1.70 bits per heavy atom. The maximum atomic E-state index is 14.1. The molecule has 6 nitrogen and oxygen atoms in total. The fourth-order valence-corrected chi connectivity index (χ4v) is 2.26. The quantitative estimate of drug-likeness (QED) is 0.775. The molecular formula is C13H16FN5O. The summed E-state index contributed by atoms with van der Waals surface area (Å²) in [4.78, 5) is 16.9. The zero-order valence-corrected chi connectivity index (χ0v) is 11.2. The van der Waals surface area contributed by atoms with Crippen molar-refractivity contribution in [2.75, 3.05) is 31.6 Å². The molecule has 1 aliphatic rings. The number of hydrogen-bond donors (Lipinski definition) is 2. The average molecular weight is 277 g/mol. The van der Waals surface area contributed by atoms with Gasteiger partial charge in [-0.1, -0.05) is 0 Å². The molecule has 2 heterocycles. The van der Waals surface area contributed by atoms with Gasteiger partial charge in [-0.25, -0.2) is 4.98 Å². The predicted octanol–water partition coefficient (Wildman–Crippen LogP) is 0.272. The number of halogens is 1. The van der Waals surface area contributed by atoms with E-state index in [-0.39, 0.29) is 11.7 Å². The Kier molecular flexibility index (Phi) is 4.48. The molecular weight excluding hydrogens is 261 g/mol. The summed E-state index contributed by atoms with van der Waals surface area (Å²) in [6.45, 7) is 1.95. The SMILES string of the molecule is CNC(=O)c1ccc(N2CCNC[C@H]2CC#N)c(F)n1. The van der Waals surface area contributed by atoms with Crippen molar-refractivity contribution in [2.45, 2.75) is 12.5 Å². The molecule has 0 unspecified atom stereocenters. The Morgan fingerprint density at radius 3 is 3.15 bits per heavy atom. The number of pyridine rings is 1. The fraction of sp³-hybridized carbons (Fsp3) is 0.462. The van der Waals surface area contributed by atoms with Crippen molar-refractivity contribution < 1.29 is 9.18 Å². The molecule has 1 saturated heterocycles. The molecule has 1 fully saturated rings. The van der Waals surface area contributed by atoms with E-state index in [0.717, 1.165) is 6.54 Å². The third-order valence-electron chi connectivity index (χ3n) is 3.28. The lowest BCUT2D eigenvalue weighted by Gasteiger charge is -2.36. The van der Waals surface area contributed by atoms with E-state index in [1.54, 1.807) is 6.07 Å². The highest BCUT2D eigenvalue weighted by Crippen LogP contribution is 2.22. The molecule has 1 atom stereocenters. The number of amides is 1. The number of carbonyl (C=O) groups excluding carboxylic acids is 1. The molecule has 106 valence electrons. The Hall–Kier alpha value is -2.20. The minimum Gasteiger partial charge on any atom is -0.361 e. The molecule has 0 saturated carbocycles. The third kappa shape index (κ3) is 2.86. The van der Waals surface area contributed by atoms with Crippen molar-refractivity contribution >= 4 is 11.6 Å². The van der Waals surface area contributed by atoms with E-state index in [4.69, 9.17) is 5.26 Å². The maximum absolute atomic E-state index is 14.1. The van der Waals surface area contributed by atoms with Crippen LogP contribution in [0.5, 0.6) is 0 Å². The highest BCUT2D eigenvalue weighted by Gasteiger charge is 2.25. The van der Waals surface area contributed by atoms with Crippen LogP contribution in [0.3, 0.4) is 0 Å². The van der Waals surface area contributed by atoms with Gasteiger partial charge in [0.2, 0.25) is 5.95 Å². The van der Waals surface area contributed by atoms with Crippen molar-refractivity contribution in [1.82, 2.24) is 15.6 Å². The van der Waals surface area contributed by atoms with Crippen LogP contribution >= 0.6 is 0 Å². The van der Waals surface area contributed by atoms with Gasteiger partial charge in [-0.3, -0.25) is 4.79 Å². The van der Waals surface area contributed by atoms with E-state index in [2.05, 4.69) is 21.7 Å². The van der Waals surface area contributed by atoms with Crippen LogP contribution < -0.4 is 15.5 Å². The van der Waals surface area contributed by atoms with E-state index in [0.29, 0.717) is 25.2 Å². The number of nitrogens with zero attached hydrogens (tertiary/aromatic N) is 3. The summed E-state index contributed by atoms with van der Waals surface area (Å²) in [7, 11) is 1.47. The van der Waals surface area contributed by atoms with Crippen molar-refractivity contribution in [3.63, 3.8) is 0 Å². The van der Waals surface area contributed by atoms with Crippen LogP contribution in [0.4, 0.5) is 10.1 Å². The minimum absolute atomic E-state index is 0.0423. The van der Waals surface area contributed by atoms with Crippen LogP contribution in [-0.4, -0.2) is 43.6 Å². The molecule has 0 aliphatic carbocycles. The number of rotatable bonds is 3. The van der Waals surface area contributed by atoms with E-state index in [9.17, 15) is 9.18 Å². The molecule has 1 aromatic rings. The average Bonchev–Trinajstić information content (AvgIpc) is 2.47. The highest BCUT2D eigenvalue weighted by atomic mass is 19.1. The summed E-state index contributed by atoms with van der Waals surface area (Å²) >= 11 is 0. The zero-order chi connectivity index (χ0) is 14.5. The van der Waals surface area contributed by atoms with E-state index >= 15 is 0 Å². The lowest BCUT2D eigenvalue weighted by Crippen LogP contribution is -2.51. The maximum Gasteiger partial charge on any atom is 0.269 e. The second kappa shape index (κ2) is 6.30. The fourth-order valence-electron chi connectivity index (χ4n) is 2.26. The molecule has 0 bridgehead atoms. The lowest BCUT2D eigenvalue weighted by atomic mass is 10.1. The second-order valence-corrected chi connectivity index (χ2v) is 4.50. The van der Waals surface area contributed by atoms with Crippen LogP contribution in [0, 0.1) is 17.3 Å². The molecule has 0 spiro atoms. The van der Waals surface area contributed by atoms with Crippen molar-refractivity contribution in [3.8, 4) is 6.07 Å². The standard InChI is InChI=1S/C13H16FN5O/c1-16-13(20)10-2-3-11(12(14)18-10)19-7-6-17-8-9(19)4-5-15/h2-3,9,17H,4,6-8H2,1H3,(H,16,20)/t9-/m1/s1. The van der Waals surface area contributed by atoms with Gasteiger partial charge < -0.3 is 15.5 Å². The van der Waals surface area contributed by atoms with Crippen LogP contribution in [0.2, 0.25) is 0 Å². The summed E-state index contributed by atoms with van der Waals surface area (Å²) in [5, 5.41) is 14.4. The van der Waals surface area contributed by atoms with Gasteiger partial charge in [0, 0.05) is 26.7 Å². The Balaban J connectivity index is 2.27. The van der Waals surface area contributed by atoms with Crippen LogP contribution in [0.25, 0.3) is 0 Å². The van der Waals surface area contributed by atoms with Gasteiger partial charge in [0.25, 0.3) is 5.91 Å². The van der Waals surface area contributed by atoms with Gasteiger partial charge in [-0.05, 0) is 12.1 Å². The summed E-state index contributed by atoms with van der Waals surface area (Å²) in [5.74, 6) is -1.11. The lowest BCUT2D eigenvalue weighted by molar-refractivity contribution is 0.0957. The van der Waals surface area contributed by atoms with Gasteiger partial charge in [-0.15, -0.1) is 0 Å². The number of nitrogens with one attached hydrogen (secondary N) is 2. The third-order valence-corrected chi connectivity index (χ3v) is 3.28. The molecule has 2 rings (SSSR count). The summed E-state index contributed by atoms with van der Waals surface area (Å²) in [6.07, 6.45) is 0.309. The Labute approximate surface area is 116 Å². The van der Waals surface area contributed by atoms with Gasteiger partial charge in [-0.2, -0.15) is 9.65 Å². The molecule has 2 N–H and O–H groups in total. The Morgan fingerprint density at radius 2 is 2.50 bits per heavy atom. The number of aromatic nitrogens is 1. The van der Waals surface area contributed by atoms with Crippen LogP contribution in [-0.2, 0) is 0 Å². The van der Waals surface area contributed by atoms with Gasteiger partial charge in [0.05, 0.1) is 24.2 Å². The van der Waals surface area contributed by atoms with Gasteiger partial charge in [0.1, 0.15) is 5.69 Å². The van der Waals surface area contributed by atoms with Crippen molar-refractivity contribution in [3.05, 3.63) is 23.8 Å². The number of anilines is 1. The van der Waals surface area contributed by atoms with E-state index < -0.39 is 11.9 Å². The number of nitriles is 1. The first-order valence-corrected chi connectivity index (χ1v) is 6.40. The minimum atomic E-state index is -0.684. The summed E-state index contributed by atoms with van der Waals surface area (Å²) in [5.41, 5.74) is 0.375. The molecule has 0 aromatic carbocycles. The number of carbonyl (C=O) groups is 1. The molecule has 1 amide bonds. The van der Waals surface area contributed by atoms with E-state index in [1.807, 2.05) is 4.90 Å². The summed E-state index contributed by atoms with van der Waals surface area (Å²) < 4.78 is 14.1. The first-order chi connectivity index (χ1) is 9.67. The molecule has 1 aliphatic heterocycles. The molecule has 0 radical (unpaired) electrons. The topological polar surface area (TPSA) is 81.0 Å². The van der Waals surface area contributed by atoms with Crippen molar-refractivity contribution in [2.24, 2.45) is 0 Å². The van der Waals surface area contributed by atoms with Crippen LogP contribution in [0.15, 0.2) is 12.1 Å². The number of hydrogen-bond acceptors (Lipinski definition) is 5. The normalized spacial score (nSPS) is 18.4. The largest absolute Gasteiger partial charge is 0.361 e. The summed E-state index contributed by atoms with van der Waals surface area (Å²) in [6, 6.07) is 5.05. The first kappa shape index (κ1) is 14.2. The molecule has 7 heteroatoms. The second-order valence-electron chi connectivity index (χ2n) is 4.50. The monoisotopic (exact) mass is 277 g/mol. The van der Waals surface area contributed by atoms with Crippen molar-refractivity contribution in [1.29, 1.82) is 5.26 Å². The predicted molar refractivity (Wildman–Crippen MR) is 71.8 cm³/mol. The molecule has 20 heavy (non-hydrogen) atoms. The smallest absolute Gasteiger partial charge is 0.269 e. The van der Waals surface area contributed by atoms with Crippen LogP contribution in [0.1, 0.15) is 16.9 Å². The van der Waals surface area contributed by atoms with Gasteiger partial charge in [0.15, 0.2) is 0 Å². The highest BCUT2D eigenvalue weighted by molar-refractivity contribution is 5.92. The first-order valence-electron chi connectivity index (χ1n) is 6.40. The Bertz CT molecular complexity index is 542. The number of piperazine rings is 1. The zero-order valence-electron chi connectivity index (χ0n) is 11.2. The van der Waals surface area contributed by atoms with E-state index in [1.165, 1.54) is 13.1 Å². The van der Waals surface area contributed by atoms with Gasteiger partial charge >= 0.3 is 0 Å². The molecule has 1 aromatic heterocycles.